The van der Waals surface area contributed by atoms with E-state index in [-0.39, 0.29) is 5.91 Å². The number of carbonyl (C=O) groups excluding carboxylic acids is 1. The molecule has 0 N–H and O–H groups in total. The van der Waals surface area contributed by atoms with E-state index in [1.165, 1.54) is 12.8 Å². The van der Waals surface area contributed by atoms with Crippen LogP contribution in [-0.2, 0) is 4.79 Å². The number of hydrogen-bond donors (Lipinski definition) is 0. The van der Waals surface area contributed by atoms with Gasteiger partial charge in [-0.3, -0.25) is 4.79 Å². The molecule has 0 unspecified atom stereocenters. The molecule has 2 aliphatic rings. The van der Waals surface area contributed by atoms with E-state index in [1.54, 1.807) is 4.90 Å². The Kier molecular flexibility index (Phi) is 1.59. The van der Waals surface area contributed by atoms with Crippen molar-refractivity contribution in [1.82, 2.24) is 4.90 Å². The van der Waals surface area contributed by atoms with Crippen molar-refractivity contribution in [2.45, 2.75) is 25.4 Å². The third-order valence-corrected chi connectivity index (χ3v) is 2.35. The molecule has 62 valence electrons. The molecule has 0 atom stereocenters. The van der Waals surface area contributed by atoms with Crippen molar-refractivity contribution >= 4 is 5.91 Å². The Morgan fingerprint density at radius 3 is 2.55 bits per heavy atom. The highest BCUT2D eigenvalue weighted by Crippen LogP contribution is 2.33. The first-order valence-corrected chi connectivity index (χ1v) is 4.17. The first kappa shape index (κ1) is 7.07. The Balaban J connectivity index is 1.72. The van der Waals surface area contributed by atoms with E-state index >= 15 is 0 Å². The summed E-state index contributed by atoms with van der Waals surface area (Å²) in [5.41, 5.74) is 0. The summed E-state index contributed by atoms with van der Waals surface area (Å²) in [6.45, 7) is 0.678. The van der Waals surface area contributed by atoms with E-state index in [0.717, 1.165) is 0 Å². The molecule has 0 bridgehead atoms. The van der Waals surface area contributed by atoms with Crippen LogP contribution in [0.2, 0.25) is 0 Å². The van der Waals surface area contributed by atoms with Crippen molar-refractivity contribution in [3.05, 3.63) is 0 Å². The number of halogens is 1. The number of hydrogen-bond acceptors (Lipinski definition) is 1. The summed E-state index contributed by atoms with van der Waals surface area (Å²) in [6.07, 6.45) is 2.29. The Labute approximate surface area is 65.4 Å². The monoisotopic (exact) mass is 157 g/mol. The van der Waals surface area contributed by atoms with Crippen LogP contribution in [0.4, 0.5) is 4.39 Å². The van der Waals surface area contributed by atoms with E-state index in [4.69, 9.17) is 0 Å². The Bertz CT molecular complexity index is 173. The number of rotatable bonds is 2. The lowest BCUT2D eigenvalue weighted by Crippen LogP contribution is -2.51. The average molecular weight is 157 g/mol. The molecule has 0 aromatic carbocycles. The van der Waals surface area contributed by atoms with Gasteiger partial charge in [-0.1, -0.05) is 0 Å². The fraction of sp³-hybridized carbons (Fsp3) is 0.875. The van der Waals surface area contributed by atoms with Crippen LogP contribution in [0.1, 0.15) is 19.3 Å². The van der Waals surface area contributed by atoms with Crippen LogP contribution in [0.15, 0.2) is 0 Å². The molecule has 0 aromatic heterocycles. The molecule has 1 saturated heterocycles. The van der Waals surface area contributed by atoms with Gasteiger partial charge in [-0.05, 0) is 18.8 Å². The molecule has 1 aliphatic heterocycles. The maximum Gasteiger partial charge on any atom is 0.223 e. The maximum atomic E-state index is 12.3. The molecule has 1 amide bonds. The van der Waals surface area contributed by atoms with Gasteiger partial charge in [0.2, 0.25) is 5.91 Å². The van der Waals surface area contributed by atoms with Gasteiger partial charge in [0.15, 0.2) is 0 Å². The third-order valence-electron chi connectivity index (χ3n) is 2.35. The SMILES string of the molecule is O=C(CC1CC1)N1CC(F)C1. The number of carbonyl (C=O) groups is 1. The summed E-state index contributed by atoms with van der Waals surface area (Å²) in [5, 5.41) is 0. The minimum absolute atomic E-state index is 0.154. The summed E-state index contributed by atoms with van der Waals surface area (Å²) in [5.74, 6) is 0.780. The molecule has 0 radical (unpaired) electrons. The van der Waals surface area contributed by atoms with Crippen LogP contribution in [0.5, 0.6) is 0 Å². The quantitative estimate of drug-likeness (QED) is 0.584. The zero-order valence-corrected chi connectivity index (χ0v) is 6.42. The zero-order valence-electron chi connectivity index (χ0n) is 6.42. The lowest BCUT2D eigenvalue weighted by molar-refractivity contribution is -0.138. The Hall–Kier alpha value is -0.600. The normalized spacial score (nSPS) is 25.0. The van der Waals surface area contributed by atoms with Crippen molar-refractivity contribution in [2.24, 2.45) is 5.92 Å². The van der Waals surface area contributed by atoms with Crippen LogP contribution in [-0.4, -0.2) is 30.1 Å². The standard InChI is InChI=1S/C8H12FNO/c9-7-4-10(5-7)8(11)3-6-1-2-6/h6-7H,1-5H2. The first-order chi connectivity index (χ1) is 5.25. The summed E-state index contributed by atoms with van der Waals surface area (Å²) in [4.78, 5) is 12.8. The zero-order chi connectivity index (χ0) is 7.84. The maximum absolute atomic E-state index is 12.3. The second-order valence-electron chi connectivity index (χ2n) is 3.54. The fourth-order valence-corrected chi connectivity index (χ4v) is 1.33. The van der Waals surface area contributed by atoms with E-state index in [1.807, 2.05) is 0 Å². The van der Waals surface area contributed by atoms with Gasteiger partial charge in [-0.2, -0.15) is 0 Å². The summed E-state index contributed by atoms with van der Waals surface area (Å²) < 4.78 is 12.3. The molecule has 3 heteroatoms. The molecular formula is C8H12FNO. The fourth-order valence-electron chi connectivity index (χ4n) is 1.33. The van der Waals surface area contributed by atoms with Crippen LogP contribution >= 0.6 is 0 Å². The van der Waals surface area contributed by atoms with Gasteiger partial charge >= 0.3 is 0 Å². The van der Waals surface area contributed by atoms with Gasteiger partial charge in [-0.25, -0.2) is 4.39 Å². The predicted octanol–water partition coefficient (Wildman–Crippen LogP) is 0.967. The average Bonchev–Trinajstić information content (AvgIpc) is 2.64. The Morgan fingerprint density at radius 2 is 2.09 bits per heavy atom. The van der Waals surface area contributed by atoms with Crippen molar-refractivity contribution in [1.29, 1.82) is 0 Å². The molecule has 1 heterocycles. The second-order valence-corrected chi connectivity index (χ2v) is 3.54. The molecule has 11 heavy (non-hydrogen) atoms. The van der Waals surface area contributed by atoms with Crippen molar-refractivity contribution in [2.75, 3.05) is 13.1 Å². The number of likely N-dealkylation sites (tertiary alicyclic amines) is 1. The van der Waals surface area contributed by atoms with Crippen LogP contribution in [0, 0.1) is 5.92 Å². The molecule has 1 saturated carbocycles. The number of amides is 1. The molecule has 2 nitrogen and oxygen atoms in total. The van der Waals surface area contributed by atoms with Gasteiger partial charge in [0.25, 0.3) is 0 Å². The highest BCUT2D eigenvalue weighted by molar-refractivity contribution is 5.77. The van der Waals surface area contributed by atoms with Gasteiger partial charge in [0.1, 0.15) is 6.17 Å². The molecule has 0 aromatic rings. The van der Waals surface area contributed by atoms with Crippen molar-refractivity contribution in [3.8, 4) is 0 Å². The lowest BCUT2D eigenvalue weighted by atomic mass is 10.1. The van der Waals surface area contributed by atoms with Gasteiger partial charge < -0.3 is 4.90 Å². The lowest BCUT2D eigenvalue weighted by Gasteiger charge is -2.34. The van der Waals surface area contributed by atoms with Crippen LogP contribution < -0.4 is 0 Å². The van der Waals surface area contributed by atoms with Gasteiger partial charge in [0.05, 0.1) is 13.1 Å². The molecule has 2 fully saturated rings. The first-order valence-electron chi connectivity index (χ1n) is 4.17. The summed E-state index contributed by atoms with van der Waals surface area (Å²) in [6, 6.07) is 0. The highest BCUT2D eigenvalue weighted by Gasteiger charge is 2.33. The van der Waals surface area contributed by atoms with E-state index in [2.05, 4.69) is 0 Å². The number of nitrogens with zero attached hydrogens (tertiary/aromatic N) is 1. The topological polar surface area (TPSA) is 20.3 Å². The highest BCUT2D eigenvalue weighted by atomic mass is 19.1. The van der Waals surface area contributed by atoms with Crippen LogP contribution in [0.3, 0.4) is 0 Å². The van der Waals surface area contributed by atoms with Gasteiger partial charge in [0, 0.05) is 6.42 Å². The molecule has 2 rings (SSSR count). The second kappa shape index (κ2) is 2.47. The number of alkyl halides is 1. The minimum atomic E-state index is -0.752. The van der Waals surface area contributed by atoms with Crippen LogP contribution in [0.25, 0.3) is 0 Å². The largest absolute Gasteiger partial charge is 0.337 e. The van der Waals surface area contributed by atoms with Gasteiger partial charge in [-0.15, -0.1) is 0 Å². The minimum Gasteiger partial charge on any atom is -0.337 e. The molecular weight excluding hydrogens is 145 g/mol. The summed E-state index contributed by atoms with van der Waals surface area (Å²) in [7, 11) is 0. The predicted molar refractivity (Wildman–Crippen MR) is 38.8 cm³/mol. The van der Waals surface area contributed by atoms with Crippen molar-refractivity contribution < 1.29 is 9.18 Å². The van der Waals surface area contributed by atoms with E-state index in [9.17, 15) is 9.18 Å². The molecule has 1 aliphatic carbocycles. The third kappa shape index (κ3) is 1.52. The van der Waals surface area contributed by atoms with E-state index in [0.29, 0.717) is 25.4 Å². The molecule has 0 spiro atoms. The Morgan fingerprint density at radius 1 is 1.45 bits per heavy atom. The summed E-state index contributed by atoms with van der Waals surface area (Å²) >= 11 is 0. The van der Waals surface area contributed by atoms with Crippen molar-refractivity contribution in [3.63, 3.8) is 0 Å². The smallest absolute Gasteiger partial charge is 0.223 e. The van der Waals surface area contributed by atoms with E-state index < -0.39 is 6.17 Å².